The molecule has 0 bridgehead atoms. The van der Waals surface area contributed by atoms with E-state index < -0.39 is 0 Å². The third-order valence-corrected chi connectivity index (χ3v) is 3.10. The maximum atomic E-state index is 11.5. The number of amides is 1. The molecule has 1 aliphatic carbocycles. The Morgan fingerprint density at radius 1 is 1.33 bits per heavy atom. The van der Waals surface area contributed by atoms with E-state index in [1.807, 2.05) is 24.3 Å². The number of furan rings is 1. The predicted molar refractivity (Wildman–Crippen MR) is 69.1 cm³/mol. The van der Waals surface area contributed by atoms with E-state index in [1.165, 1.54) is 0 Å². The van der Waals surface area contributed by atoms with Gasteiger partial charge in [-0.1, -0.05) is 18.2 Å². The van der Waals surface area contributed by atoms with Crippen molar-refractivity contribution in [1.29, 1.82) is 0 Å². The van der Waals surface area contributed by atoms with Crippen molar-refractivity contribution < 1.29 is 9.21 Å². The van der Waals surface area contributed by atoms with Gasteiger partial charge in [-0.2, -0.15) is 0 Å². The van der Waals surface area contributed by atoms with Gasteiger partial charge < -0.3 is 15.1 Å². The molecule has 0 spiro atoms. The average molecular weight is 244 g/mol. The topological polar surface area (TPSA) is 54.3 Å². The molecular formula is C14H16N2O2. The molecule has 1 heterocycles. The van der Waals surface area contributed by atoms with Crippen molar-refractivity contribution in [3.63, 3.8) is 0 Å². The maximum absolute atomic E-state index is 11.5. The fourth-order valence-electron chi connectivity index (χ4n) is 1.99. The van der Waals surface area contributed by atoms with Crippen molar-refractivity contribution >= 4 is 16.9 Å². The van der Waals surface area contributed by atoms with E-state index >= 15 is 0 Å². The molecule has 1 amide bonds. The lowest BCUT2D eigenvalue weighted by Crippen LogP contribution is -2.34. The lowest BCUT2D eigenvalue weighted by molar-refractivity contribution is -0.120. The van der Waals surface area contributed by atoms with Gasteiger partial charge in [0, 0.05) is 23.5 Å². The van der Waals surface area contributed by atoms with Crippen molar-refractivity contribution in [2.24, 2.45) is 0 Å². The lowest BCUT2D eigenvalue weighted by Gasteiger charge is -2.04. The summed E-state index contributed by atoms with van der Waals surface area (Å²) in [5.41, 5.74) is 1.97. The summed E-state index contributed by atoms with van der Waals surface area (Å²) in [7, 11) is 0. The first-order valence-electron chi connectivity index (χ1n) is 6.28. The van der Waals surface area contributed by atoms with Crippen LogP contribution in [0.15, 0.2) is 34.9 Å². The Morgan fingerprint density at radius 3 is 3.00 bits per heavy atom. The number of benzene rings is 1. The summed E-state index contributed by atoms with van der Waals surface area (Å²) in [4.78, 5) is 11.5. The minimum absolute atomic E-state index is 0.0744. The van der Waals surface area contributed by atoms with Gasteiger partial charge in [0.05, 0.1) is 12.8 Å². The fraction of sp³-hybridized carbons (Fsp3) is 0.357. The molecule has 1 aliphatic rings. The standard InChI is InChI=1S/C14H16N2O2/c17-14(16-11-5-6-11)8-15-7-10-9-18-13-4-2-1-3-12(10)13/h1-4,9,11,15H,5-8H2,(H,16,17). The molecule has 1 aromatic heterocycles. The van der Waals surface area contributed by atoms with Crippen LogP contribution in [-0.2, 0) is 11.3 Å². The van der Waals surface area contributed by atoms with Gasteiger partial charge in [0.2, 0.25) is 5.91 Å². The number of para-hydroxylation sites is 1. The fourth-order valence-corrected chi connectivity index (χ4v) is 1.99. The van der Waals surface area contributed by atoms with Crippen LogP contribution in [0.25, 0.3) is 11.0 Å². The highest BCUT2D eigenvalue weighted by Gasteiger charge is 2.22. The zero-order chi connectivity index (χ0) is 12.4. The van der Waals surface area contributed by atoms with E-state index in [4.69, 9.17) is 4.42 Å². The molecule has 1 fully saturated rings. The summed E-state index contributed by atoms with van der Waals surface area (Å²) < 4.78 is 5.44. The maximum Gasteiger partial charge on any atom is 0.234 e. The first kappa shape index (κ1) is 11.3. The van der Waals surface area contributed by atoms with Crippen LogP contribution >= 0.6 is 0 Å². The molecule has 0 radical (unpaired) electrons. The normalized spacial score (nSPS) is 14.9. The smallest absolute Gasteiger partial charge is 0.234 e. The van der Waals surface area contributed by atoms with Crippen molar-refractivity contribution in [1.82, 2.24) is 10.6 Å². The van der Waals surface area contributed by atoms with E-state index in [1.54, 1.807) is 6.26 Å². The first-order chi connectivity index (χ1) is 8.83. The van der Waals surface area contributed by atoms with E-state index in [-0.39, 0.29) is 5.91 Å². The summed E-state index contributed by atoms with van der Waals surface area (Å²) in [5, 5.41) is 7.19. The van der Waals surface area contributed by atoms with Crippen LogP contribution in [-0.4, -0.2) is 18.5 Å². The molecule has 1 saturated carbocycles. The number of fused-ring (bicyclic) bond motifs is 1. The first-order valence-corrected chi connectivity index (χ1v) is 6.28. The SMILES string of the molecule is O=C(CNCc1coc2ccccc12)NC1CC1. The molecule has 0 aliphatic heterocycles. The Labute approximate surface area is 105 Å². The van der Waals surface area contributed by atoms with Gasteiger partial charge in [-0.25, -0.2) is 0 Å². The summed E-state index contributed by atoms with van der Waals surface area (Å²) in [6, 6.07) is 8.33. The number of nitrogens with one attached hydrogen (secondary N) is 2. The Balaban J connectivity index is 1.54. The minimum atomic E-state index is 0.0744. The molecule has 0 saturated heterocycles. The number of carbonyl (C=O) groups is 1. The Bertz CT molecular complexity index is 558. The van der Waals surface area contributed by atoms with Crippen LogP contribution in [0.1, 0.15) is 18.4 Å². The molecule has 4 nitrogen and oxygen atoms in total. The van der Waals surface area contributed by atoms with E-state index in [0.717, 1.165) is 29.4 Å². The highest BCUT2D eigenvalue weighted by molar-refractivity contribution is 5.81. The van der Waals surface area contributed by atoms with Crippen LogP contribution in [0.2, 0.25) is 0 Å². The molecule has 2 aromatic rings. The van der Waals surface area contributed by atoms with E-state index in [0.29, 0.717) is 19.1 Å². The van der Waals surface area contributed by atoms with Crippen molar-refractivity contribution in [2.75, 3.05) is 6.54 Å². The predicted octanol–water partition coefficient (Wildman–Crippen LogP) is 1.80. The van der Waals surface area contributed by atoms with E-state index in [2.05, 4.69) is 10.6 Å². The van der Waals surface area contributed by atoms with Crippen LogP contribution in [0.4, 0.5) is 0 Å². The Kier molecular flexibility index (Phi) is 3.02. The van der Waals surface area contributed by atoms with E-state index in [9.17, 15) is 4.79 Å². The number of carbonyl (C=O) groups excluding carboxylic acids is 1. The van der Waals surface area contributed by atoms with Gasteiger partial charge >= 0.3 is 0 Å². The molecule has 94 valence electrons. The van der Waals surface area contributed by atoms with Crippen molar-refractivity contribution in [3.8, 4) is 0 Å². The monoisotopic (exact) mass is 244 g/mol. The zero-order valence-electron chi connectivity index (χ0n) is 10.1. The minimum Gasteiger partial charge on any atom is -0.464 e. The average Bonchev–Trinajstić information content (AvgIpc) is 3.09. The van der Waals surface area contributed by atoms with Crippen molar-refractivity contribution in [2.45, 2.75) is 25.4 Å². The molecule has 3 rings (SSSR count). The molecular weight excluding hydrogens is 228 g/mol. The van der Waals surface area contributed by atoms with Gasteiger partial charge in [-0.3, -0.25) is 4.79 Å². The number of hydrogen-bond donors (Lipinski definition) is 2. The Morgan fingerprint density at radius 2 is 2.17 bits per heavy atom. The molecule has 0 unspecified atom stereocenters. The second-order valence-electron chi connectivity index (χ2n) is 4.70. The highest BCUT2D eigenvalue weighted by atomic mass is 16.3. The third-order valence-electron chi connectivity index (χ3n) is 3.10. The summed E-state index contributed by atoms with van der Waals surface area (Å²) in [5.74, 6) is 0.0744. The third kappa shape index (κ3) is 2.54. The second-order valence-corrected chi connectivity index (χ2v) is 4.70. The largest absolute Gasteiger partial charge is 0.464 e. The lowest BCUT2D eigenvalue weighted by atomic mass is 10.2. The molecule has 2 N–H and O–H groups in total. The van der Waals surface area contributed by atoms with Crippen molar-refractivity contribution in [3.05, 3.63) is 36.1 Å². The Hall–Kier alpha value is -1.81. The second kappa shape index (κ2) is 4.82. The highest BCUT2D eigenvalue weighted by Crippen LogP contribution is 2.20. The summed E-state index contributed by atoms with van der Waals surface area (Å²) in [6.07, 6.45) is 3.99. The van der Waals surface area contributed by atoms with Crippen LogP contribution in [0.3, 0.4) is 0 Å². The molecule has 0 atom stereocenters. The zero-order valence-corrected chi connectivity index (χ0v) is 10.1. The van der Waals surface area contributed by atoms with Gasteiger partial charge in [0.25, 0.3) is 0 Å². The number of rotatable bonds is 5. The molecule has 1 aromatic carbocycles. The van der Waals surface area contributed by atoms with Gasteiger partial charge in [0.15, 0.2) is 0 Å². The van der Waals surface area contributed by atoms with Gasteiger partial charge in [-0.15, -0.1) is 0 Å². The molecule has 18 heavy (non-hydrogen) atoms. The summed E-state index contributed by atoms with van der Waals surface area (Å²) >= 11 is 0. The molecule has 4 heteroatoms. The number of hydrogen-bond acceptors (Lipinski definition) is 3. The van der Waals surface area contributed by atoms with Crippen LogP contribution in [0.5, 0.6) is 0 Å². The van der Waals surface area contributed by atoms with Crippen LogP contribution in [0, 0.1) is 0 Å². The van der Waals surface area contributed by atoms with Gasteiger partial charge in [0.1, 0.15) is 5.58 Å². The van der Waals surface area contributed by atoms with Crippen LogP contribution < -0.4 is 10.6 Å². The quantitative estimate of drug-likeness (QED) is 0.843. The summed E-state index contributed by atoms with van der Waals surface area (Å²) in [6.45, 7) is 1.01. The van der Waals surface area contributed by atoms with Gasteiger partial charge in [-0.05, 0) is 18.9 Å².